The van der Waals surface area contributed by atoms with Gasteiger partial charge in [0.15, 0.2) is 0 Å². The van der Waals surface area contributed by atoms with Crippen LogP contribution < -0.4 is 14.8 Å². The molecule has 0 aromatic heterocycles. The molecule has 6 nitrogen and oxygen atoms in total. The molecular formula is C17H20N2O4. The average molecular weight is 316 g/mol. The van der Waals surface area contributed by atoms with Crippen LogP contribution >= 0.6 is 0 Å². The van der Waals surface area contributed by atoms with Crippen molar-refractivity contribution < 1.29 is 14.4 Å². The Morgan fingerprint density at radius 2 is 1.83 bits per heavy atom. The Morgan fingerprint density at radius 1 is 1.09 bits per heavy atom. The molecule has 0 saturated heterocycles. The minimum absolute atomic E-state index is 0.145. The van der Waals surface area contributed by atoms with Crippen LogP contribution in [0, 0.1) is 17.0 Å². The highest BCUT2D eigenvalue weighted by Gasteiger charge is 2.13. The molecule has 0 aliphatic heterocycles. The van der Waals surface area contributed by atoms with E-state index < -0.39 is 0 Å². The van der Waals surface area contributed by atoms with Crippen molar-refractivity contribution in [3.05, 3.63) is 63.2 Å². The van der Waals surface area contributed by atoms with Gasteiger partial charge in [-0.2, -0.15) is 0 Å². The second-order valence-electron chi connectivity index (χ2n) is 5.10. The molecule has 0 aliphatic carbocycles. The standard InChI is InChI=1S/C17H20N2O4/c1-12-13(5-4-6-16(12)19(20)21)10-18-11-14-7-8-15(22-2)9-17(14)23-3/h4-9,18H,10-11H2,1-3H3. The van der Waals surface area contributed by atoms with Gasteiger partial charge in [0.1, 0.15) is 11.5 Å². The summed E-state index contributed by atoms with van der Waals surface area (Å²) in [6.45, 7) is 2.90. The zero-order valence-corrected chi connectivity index (χ0v) is 13.5. The number of methoxy groups -OCH3 is 2. The Morgan fingerprint density at radius 3 is 2.48 bits per heavy atom. The zero-order valence-electron chi connectivity index (χ0n) is 13.5. The van der Waals surface area contributed by atoms with E-state index in [1.807, 2.05) is 24.3 Å². The van der Waals surface area contributed by atoms with Gasteiger partial charge in [-0.1, -0.05) is 18.2 Å². The lowest BCUT2D eigenvalue weighted by Gasteiger charge is -2.12. The molecule has 0 aliphatic rings. The summed E-state index contributed by atoms with van der Waals surface area (Å²) in [5.41, 5.74) is 2.74. The largest absolute Gasteiger partial charge is 0.497 e. The third kappa shape index (κ3) is 3.98. The lowest BCUT2D eigenvalue weighted by molar-refractivity contribution is -0.385. The van der Waals surface area contributed by atoms with Gasteiger partial charge in [-0.05, 0) is 18.6 Å². The summed E-state index contributed by atoms with van der Waals surface area (Å²) in [5.74, 6) is 1.48. The van der Waals surface area contributed by atoms with E-state index in [1.165, 1.54) is 6.07 Å². The van der Waals surface area contributed by atoms with E-state index in [9.17, 15) is 10.1 Å². The Balaban J connectivity index is 2.06. The summed E-state index contributed by atoms with van der Waals surface area (Å²) in [6, 6.07) is 10.8. The van der Waals surface area contributed by atoms with Crippen LogP contribution in [0.3, 0.4) is 0 Å². The molecule has 0 spiro atoms. The molecule has 1 N–H and O–H groups in total. The van der Waals surface area contributed by atoms with Crippen LogP contribution in [0.4, 0.5) is 5.69 Å². The third-order valence-electron chi connectivity index (χ3n) is 3.74. The van der Waals surface area contributed by atoms with E-state index in [-0.39, 0.29) is 10.6 Å². The smallest absolute Gasteiger partial charge is 0.272 e. The zero-order chi connectivity index (χ0) is 16.8. The molecule has 0 fully saturated rings. The Labute approximate surface area is 135 Å². The number of nitro groups is 1. The maximum Gasteiger partial charge on any atom is 0.272 e. The van der Waals surface area contributed by atoms with Crippen LogP contribution in [0.25, 0.3) is 0 Å². The first-order valence-electron chi connectivity index (χ1n) is 7.21. The fourth-order valence-corrected chi connectivity index (χ4v) is 2.39. The fraction of sp³-hybridized carbons (Fsp3) is 0.294. The van der Waals surface area contributed by atoms with Crippen LogP contribution in [-0.2, 0) is 13.1 Å². The highest BCUT2D eigenvalue weighted by atomic mass is 16.6. The summed E-state index contributed by atoms with van der Waals surface area (Å²) in [5, 5.41) is 14.3. The predicted octanol–water partition coefficient (Wildman–Crippen LogP) is 3.21. The molecule has 0 atom stereocenters. The van der Waals surface area contributed by atoms with Gasteiger partial charge < -0.3 is 14.8 Å². The molecule has 0 radical (unpaired) electrons. The van der Waals surface area contributed by atoms with Gasteiger partial charge in [0, 0.05) is 36.3 Å². The topological polar surface area (TPSA) is 73.6 Å². The van der Waals surface area contributed by atoms with Gasteiger partial charge in [-0.25, -0.2) is 0 Å². The number of hydrogen-bond acceptors (Lipinski definition) is 5. The van der Waals surface area contributed by atoms with Crippen molar-refractivity contribution in [2.24, 2.45) is 0 Å². The highest BCUT2D eigenvalue weighted by Crippen LogP contribution is 2.25. The molecule has 2 aromatic rings. The summed E-state index contributed by atoms with van der Waals surface area (Å²) in [7, 11) is 3.22. The monoisotopic (exact) mass is 316 g/mol. The van der Waals surface area contributed by atoms with Crippen molar-refractivity contribution in [3.63, 3.8) is 0 Å². The molecule has 2 aromatic carbocycles. The SMILES string of the molecule is COc1ccc(CNCc2cccc([N+](=O)[O-])c2C)c(OC)c1. The number of nitrogens with zero attached hydrogens (tertiary/aromatic N) is 1. The van der Waals surface area contributed by atoms with Crippen LogP contribution in [0.1, 0.15) is 16.7 Å². The normalized spacial score (nSPS) is 10.4. The highest BCUT2D eigenvalue weighted by molar-refractivity contribution is 5.44. The Bertz CT molecular complexity index is 701. The molecule has 0 bridgehead atoms. The minimum Gasteiger partial charge on any atom is -0.497 e. The number of rotatable bonds is 7. The fourth-order valence-electron chi connectivity index (χ4n) is 2.39. The lowest BCUT2D eigenvalue weighted by atomic mass is 10.1. The van der Waals surface area contributed by atoms with E-state index in [4.69, 9.17) is 9.47 Å². The summed E-state index contributed by atoms with van der Waals surface area (Å²) >= 11 is 0. The minimum atomic E-state index is -0.356. The van der Waals surface area contributed by atoms with E-state index in [2.05, 4.69) is 5.32 Å². The van der Waals surface area contributed by atoms with Crippen molar-refractivity contribution >= 4 is 5.69 Å². The van der Waals surface area contributed by atoms with Crippen molar-refractivity contribution in [3.8, 4) is 11.5 Å². The molecule has 0 saturated carbocycles. The average Bonchev–Trinajstić information content (AvgIpc) is 2.56. The van der Waals surface area contributed by atoms with Gasteiger partial charge >= 0.3 is 0 Å². The molecule has 0 heterocycles. The molecule has 23 heavy (non-hydrogen) atoms. The first-order chi connectivity index (χ1) is 11.1. The molecule has 2 rings (SSSR count). The van der Waals surface area contributed by atoms with Crippen LogP contribution in [0.15, 0.2) is 36.4 Å². The number of nitro benzene ring substituents is 1. The third-order valence-corrected chi connectivity index (χ3v) is 3.74. The van der Waals surface area contributed by atoms with Crippen molar-refractivity contribution in [2.45, 2.75) is 20.0 Å². The maximum atomic E-state index is 11.0. The van der Waals surface area contributed by atoms with Gasteiger partial charge in [0.05, 0.1) is 19.1 Å². The van der Waals surface area contributed by atoms with Gasteiger partial charge in [0.25, 0.3) is 5.69 Å². The van der Waals surface area contributed by atoms with Crippen LogP contribution in [0.2, 0.25) is 0 Å². The Kier molecular flexibility index (Phi) is 5.54. The second-order valence-corrected chi connectivity index (χ2v) is 5.10. The first kappa shape index (κ1) is 16.8. The van der Waals surface area contributed by atoms with E-state index in [0.29, 0.717) is 18.7 Å². The molecular weight excluding hydrogens is 296 g/mol. The van der Waals surface area contributed by atoms with Gasteiger partial charge in [-0.15, -0.1) is 0 Å². The van der Waals surface area contributed by atoms with Gasteiger partial charge in [0.2, 0.25) is 0 Å². The van der Waals surface area contributed by atoms with Crippen molar-refractivity contribution in [2.75, 3.05) is 14.2 Å². The second kappa shape index (κ2) is 7.60. The van der Waals surface area contributed by atoms with Crippen molar-refractivity contribution in [1.82, 2.24) is 5.32 Å². The number of benzene rings is 2. The summed E-state index contributed by atoms with van der Waals surface area (Å²) in [6.07, 6.45) is 0. The number of hydrogen-bond donors (Lipinski definition) is 1. The summed E-state index contributed by atoms with van der Waals surface area (Å²) in [4.78, 5) is 10.6. The maximum absolute atomic E-state index is 11.0. The number of nitrogens with one attached hydrogen (secondary N) is 1. The predicted molar refractivity (Wildman–Crippen MR) is 87.9 cm³/mol. The Hall–Kier alpha value is -2.60. The van der Waals surface area contributed by atoms with Crippen LogP contribution in [-0.4, -0.2) is 19.1 Å². The molecule has 6 heteroatoms. The molecule has 122 valence electrons. The molecule has 0 amide bonds. The van der Waals surface area contributed by atoms with E-state index >= 15 is 0 Å². The lowest BCUT2D eigenvalue weighted by Crippen LogP contribution is -2.14. The molecule has 0 unspecified atom stereocenters. The quantitative estimate of drug-likeness (QED) is 0.627. The van der Waals surface area contributed by atoms with Gasteiger partial charge in [-0.3, -0.25) is 10.1 Å². The summed E-state index contributed by atoms with van der Waals surface area (Å²) < 4.78 is 10.5. The van der Waals surface area contributed by atoms with E-state index in [0.717, 1.165) is 22.6 Å². The van der Waals surface area contributed by atoms with Crippen LogP contribution in [0.5, 0.6) is 11.5 Å². The van der Waals surface area contributed by atoms with Crippen molar-refractivity contribution in [1.29, 1.82) is 0 Å². The first-order valence-corrected chi connectivity index (χ1v) is 7.21. The van der Waals surface area contributed by atoms with E-state index in [1.54, 1.807) is 27.2 Å². The number of ether oxygens (including phenoxy) is 2.